The maximum absolute atomic E-state index is 12.5. The smallest absolute Gasteiger partial charge is 0.321 e. The Morgan fingerprint density at radius 3 is 2.56 bits per heavy atom. The van der Waals surface area contributed by atoms with Crippen LogP contribution in [0, 0.1) is 0 Å². The number of nitrogens with zero attached hydrogens (tertiary/aromatic N) is 2. The molecule has 1 aliphatic rings. The molecule has 138 valence electrons. The van der Waals surface area contributed by atoms with E-state index in [4.69, 9.17) is 4.74 Å². The van der Waals surface area contributed by atoms with Crippen molar-refractivity contribution in [1.82, 2.24) is 9.80 Å². The van der Waals surface area contributed by atoms with Gasteiger partial charge in [-0.3, -0.25) is 4.79 Å². The largest absolute Gasteiger partial charge is 0.495 e. The van der Waals surface area contributed by atoms with Gasteiger partial charge in [0.2, 0.25) is 5.91 Å². The minimum absolute atomic E-state index is 0.106. The molecule has 0 bridgehead atoms. The number of likely N-dealkylation sites (tertiary alicyclic amines) is 1. The van der Waals surface area contributed by atoms with Crippen LogP contribution in [-0.2, 0) is 4.79 Å². The van der Waals surface area contributed by atoms with Gasteiger partial charge in [0.25, 0.3) is 0 Å². The lowest BCUT2D eigenvalue weighted by Crippen LogP contribution is -2.46. The van der Waals surface area contributed by atoms with Gasteiger partial charge in [0.15, 0.2) is 0 Å². The van der Waals surface area contributed by atoms with Gasteiger partial charge in [-0.05, 0) is 51.2 Å². The number of hydrogen-bond acceptors (Lipinski definition) is 4. The molecule has 1 aromatic carbocycles. The molecule has 0 aliphatic carbocycles. The Kier molecular flexibility index (Phi) is 6.64. The van der Waals surface area contributed by atoms with Crippen molar-refractivity contribution < 1.29 is 14.3 Å². The number of ether oxygens (including phenoxy) is 1. The van der Waals surface area contributed by atoms with E-state index in [9.17, 15) is 9.59 Å². The van der Waals surface area contributed by atoms with E-state index in [0.29, 0.717) is 23.5 Å². The van der Waals surface area contributed by atoms with E-state index >= 15 is 0 Å². The lowest BCUT2D eigenvalue weighted by Gasteiger charge is -2.35. The molecule has 0 saturated carbocycles. The van der Waals surface area contributed by atoms with Crippen molar-refractivity contribution in [2.75, 3.05) is 44.9 Å². The van der Waals surface area contributed by atoms with Crippen LogP contribution in [0.5, 0.6) is 5.75 Å². The summed E-state index contributed by atoms with van der Waals surface area (Å²) in [5, 5.41) is 5.69. The molecule has 1 aromatic rings. The average Bonchev–Trinajstić information content (AvgIpc) is 2.61. The Bertz CT molecular complexity index is 612. The van der Waals surface area contributed by atoms with E-state index in [-0.39, 0.29) is 18.0 Å². The summed E-state index contributed by atoms with van der Waals surface area (Å²) in [6.07, 6.45) is 2.32. The van der Waals surface area contributed by atoms with Crippen LogP contribution >= 0.6 is 0 Å². The van der Waals surface area contributed by atoms with Crippen LogP contribution in [0.2, 0.25) is 0 Å². The van der Waals surface area contributed by atoms with Crippen molar-refractivity contribution in [2.45, 2.75) is 32.2 Å². The minimum atomic E-state index is -0.146. The summed E-state index contributed by atoms with van der Waals surface area (Å²) < 4.78 is 5.26. The molecule has 1 fully saturated rings. The monoisotopic (exact) mass is 348 g/mol. The van der Waals surface area contributed by atoms with Gasteiger partial charge in [-0.25, -0.2) is 4.79 Å². The molecule has 1 heterocycles. The highest BCUT2D eigenvalue weighted by molar-refractivity contribution is 5.95. The lowest BCUT2D eigenvalue weighted by molar-refractivity contribution is -0.115. The zero-order valence-corrected chi connectivity index (χ0v) is 15.5. The Morgan fingerprint density at radius 2 is 1.96 bits per heavy atom. The van der Waals surface area contributed by atoms with Crippen molar-refractivity contribution in [1.29, 1.82) is 0 Å². The maximum atomic E-state index is 12.5. The van der Waals surface area contributed by atoms with E-state index in [1.54, 1.807) is 37.1 Å². The van der Waals surface area contributed by atoms with Gasteiger partial charge in [-0.1, -0.05) is 6.92 Å². The summed E-state index contributed by atoms with van der Waals surface area (Å²) >= 11 is 0. The zero-order chi connectivity index (χ0) is 18.4. The number of benzene rings is 1. The van der Waals surface area contributed by atoms with Crippen LogP contribution in [-0.4, -0.2) is 62.1 Å². The van der Waals surface area contributed by atoms with Crippen LogP contribution in [0.4, 0.5) is 16.2 Å². The molecule has 3 amide bonds. The SMILES string of the molecule is CCC(=O)Nc1cc(NC(=O)N(C)C2CCN(C)CC2)ccc1OC. The summed E-state index contributed by atoms with van der Waals surface area (Å²) in [5.41, 5.74) is 1.17. The first-order valence-corrected chi connectivity index (χ1v) is 8.64. The predicted molar refractivity (Wildman–Crippen MR) is 99.2 cm³/mol. The van der Waals surface area contributed by atoms with Crippen molar-refractivity contribution in [2.24, 2.45) is 0 Å². The lowest BCUT2D eigenvalue weighted by atomic mass is 10.0. The first kappa shape index (κ1) is 19.1. The fourth-order valence-electron chi connectivity index (χ4n) is 2.88. The molecule has 2 rings (SSSR count). The second-order valence-electron chi connectivity index (χ2n) is 6.39. The second kappa shape index (κ2) is 8.71. The second-order valence-corrected chi connectivity index (χ2v) is 6.39. The Labute approximate surface area is 149 Å². The standard InChI is InChI=1S/C18H28N4O3/c1-5-17(23)20-15-12-13(6-7-16(15)25-4)19-18(24)22(3)14-8-10-21(2)11-9-14/h6-7,12,14H,5,8-11H2,1-4H3,(H,19,24)(H,20,23). The third-order valence-corrected chi connectivity index (χ3v) is 4.60. The van der Waals surface area contributed by atoms with Crippen molar-refractivity contribution in [3.8, 4) is 5.75 Å². The molecular formula is C18H28N4O3. The van der Waals surface area contributed by atoms with Crippen LogP contribution in [0.1, 0.15) is 26.2 Å². The van der Waals surface area contributed by atoms with Crippen LogP contribution in [0.25, 0.3) is 0 Å². The highest BCUT2D eigenvalue weighted by Crippen LogP contribution is 2.28. The first-order valence-electron chi connectivity index (χ1n) is 8.64. The highest BCUT2D eigenvalue weighted by atomic mass is 16.5. The average molecular weight is 348 g/mol. The van der Waals surface area contributed by atoms with Gasteiger partial charge in [-0.2, -0.15) is 0 Å². The number of rotatable bonds is 5. The van der Waals surface area contributed by atoms with Crippen LogP contribution < -0.4 is 15.4 Å². The Balaban J connectivity index is 2.04. The van der Waals surface area contributed by atoms with Crippen molar-refractivity contribution >= 4 is 23.3 Å². The van der Waals surface area contributed by atoms with Crippen LogP contribution in [0.3, 0.4) is 0 Å². The molecule has 0 aromatic heterocycles. The van der Waals surface area contributed by atoms with Gasteiger partial charge in [0, 0.05) is 25.2 Å². The number of methoxy groups -OCH3 is 1. The fourth-order valence-corrected chi connectivity index (χ4v) is 2.88. The molecule has 0 atom stereocenters. The molecule has 2 N–H and O–H groups in total. The number of amides is 3. The van der Waals surface area contributed by atoms with Gasteiger partial charge in [0.05, 0.1) is 12.8 Å². The molecule has 1 aliphatic heterocycles. The molecule has 0 radical (unpaired) electrons. The van der Waals surface area contributed by atoms with E-state index in [0.717, 1.165) is 25.9 Å². The summed E-state index contributed by atoms with van der Waals surface area (Å²) in [6, 6.07) is 5.31. The molecular weight excluding hydrogens is 320 g/mol. The van der Waals surface area contributed by atoms with E-state index in [1.165, 1.54) is 0 Å². The topological polar surface area (TPSA) is 73.9 Å². The maximum Gasteiger partial charge on any atom is 0.321 e. The van der Waals surface area contributed by atoms with Gasteiger partial charge in [0.1, 0.15) is 5.75 Å². The Morgan fingerprint density at radius 1 is 1.28 bits per heavy atom. The van der Waals surface area contributed by atoms with E-state index in [2.05, 4.69) is 22.6 Å². The summed E-state index contributed by atoms with van der Waals surface area (Å²) in [5.74, 6) is 0.452. The third kappa shape index (κ3) is 5.09. The molecule has 25 heavy (non-hydrogen) atoms. The highest BCUT2D eigenvalue weighted by Gasteiger charge is 2.24. The summed E-state index contributed by atoms with van der Waals surface area (Å²) in [7, 11) is 5.47. The van der Waals surface area contributed by atoms with Gasteiger partial charge in [-0.15, -0.1) is 0 Å². The number of nitrogens with one attached hydrogen (secondary N) is 2. The minimum Gasteiger partial charge on any atom is -0.495 e. The normalized spacial score (nSPS) is 15.5. The predicted octanol–water partition coefficient (Wildman–Crippen LogP) is 2.60. The number of hydrogen-bond donors (Lipinski definition) is 2. The number of carbonyl (C=O) groups excluding carboxylic acids is 2. The molecule has 0 spiro atoms. The number of urea groups is 1. The zero-order valence-electron chi connectivity index (χ0n) is 15.5. The summed E-state index contributed by atoms with van der Waals surface area (Å²) in [4.78, 5) is 28.2. The fraction of sp³-hybridized carbons (Fsp3) is 0.556. The Hall–Kier alpha value is -2.28. The molecule has 7 heteroatoms. The molecule has 0 unspecified atom stereocenters. The first-order chi connectivity index (χ1) is 11.9. The number of carbonyl (C=O) groups is 2. The molecule has 7 nitrogen and oxygen atoms in total. The third-order valence-electron chi connectivity index (χ3n) is 4.60. The summed E-state index contributed by atoms with van der Waals surface area (Å²) in [6.45, 7) is 3.78. The van der Waals surface area contributed by atoms with Crippen LogP contribution in [0.15, 0.2) is 18.2 Å². The number of anilines is 2. The quantitative estimate of drug-likeness (QED) is 0.858. The number of piperidine rings is 1. The van der Waals surface area contributed by atoms with Gasteiger partial charge >= 0.3 is 6.03 Å². The molecule has 1 saturated heterocycles. The van der Waals surface area contributed by atoms with E-state index in [1.807, 2.05) is 7.05 Å². The van der Waals surface area contributed by atoms with Gasteiger partial charge < -0.3 is 25.2 Å². The van der Waals surface area contributed by atoms with Crippen molar-refractivity contribution in [3.63, 3.8) is 0 Å². The van der Waals surface area contributed by atoms with Crippen molar-refractivity contribution in [3.05, 3.63) is 18.2 Å². The van der Waals surface area contributed by atoms with E-state index < -0.39 is 0 Å².